The molecule has 0 aliphatic carbocycles. The molecule has 2 aliphatic heterocycles. The molecule has 1 aromatic heterocycles. The summed E-state index contributed by atoms with van der Waals surface area (Å²) in [4.78, 5) is 44.1. The zero-order valence-corrected chi connectivity index (χ0v) is 17.6. The smallest absolute Gasteiger partial charge is 0.269 e. The van der Waals surface area contributed by atoms with Gasteiger partial charge in [0.1, 0.15) is 11.4 Å². The number of nitro groups is 1. The summed E-state index contributed by atoms with van der Waals surface area (Å²) < 4.78 is 14.3. The van der Waals surface area contributed by atoms with E-state index in [2.05, 4.69) is 10.3 Å². The van der Waals surface area contributed by atoms with E-state index in [1.807, 2.05) is 0 Å². The predicted octanol–water partition coefficient (Wildman–Crippen LogP) is 3.50. The van der Waals surface area contributed by atoms with E-state index < -0.39 is 34.0 Å². The molecule has 0 radical (unpaired) electrons. The lowest BCUT2D eigenvalue weighted by atomic mass is 9.70. The molecule has 3 heterocycles. The number of halogens is 1. The number of hydrogen-bond acceptors (Lipinski definition) is 6. The van der Waals surface area contributed by atoms with Crippen molar-refractivity contribution in [2.75, 3.05) is 18.9 Å². The third-order valence-electron chi connectivity index (χ3n) is 6.65. The molecule has 1 N–H and O–H groups in total. The Balaban J connectivity index is 1.74. The van der Waals surface area contributed by atoms with Crippen LogP contribution >= 0.6 is 0 Å². The predicted molar refractivity (Wildman–Crippen MR) is 117 cm³/mol. The zero-order valence-electron chi connectivity index (χ0n) is 17.6. The Bertz CT molecular complexity index is 1300. The number of nitrogens with zero attached hydrogens (tertiary/aromatic N) is 3. The van der Waals surface area contributed by atoms with Gasteiger partial charge in [0.25, 0.3) is 5.69 Å². The summed E-state index contributed by atoms with van der Waals surface area (Å²) in [5, 5.41) is 14.2. The van der Waals surface area contributed by atoms with Gasteiger partial charge in [0, 0.05) is 53.8 Å². The number of carbonyl (C=O) groups is 2. The lowest BCUT2D eigenvalue weighted by Crippen LogP contribution is -2.51. The topological polar surface area (TPSA) is 105 Å². The normalized spacial score (nSPS) is 24.0. The first-order valence-electron chi connectivity index (χ1n) is 10.4. The van der Waals surface area contributed by atoms with Crippen LogP contribution in [0.5, 0.6) is 0 Å². The monoisotopic (exact) mass is 446 g/mol. The van der Waals surface area contributed by atoms with E-state index in [0.717, 1.165) is 0 Å². The molecule has 1 spiro atoms. The van der Waals surface area contributed by atoms with Crippen molar-refractivity contribution in [3.63, 3.8) is 0 Å². The van der Waals surface area contributed by atoms with Crippen LogP contribution in [0.2, 0.25) is 0 Å². The summed E-state index contributed by atoms with van der Waals surface area (Å²) in [6.07, 6.45) is 2.97. The largest absolute Gasteiger partial charge is 0.324 e. The van der Waals surface area contributed by atoms with Gasteiger partial charge in [-0.1, -0.05) is 12.1 Å². The van der Waals surface area contributed by atoms with Gasteiger partial charge in [-0.3, -0.25) is 29.6 Å². The van der Waals surface area contributed by atoms with Crippen molar-refractivity contribution in [2.24, 2.45) is 5.92 Å². The third-order valence-corrected chi connectivity index (χ3v) is 6.65. The quantitative estimate of drug-likeness (QED) is 0.374. The Labute approximate surface area is 188 Å². The number of ketones is 1. The van der Waals surface area contributed by atoms with Crippen molar-refractivity contribution in [1.29, 1.82) is 0 Å². The van der Waals surface area contributed by atoms with Gasteiger partial charge < -0.3 is 5.32 Å². The summed E-state index contributed by atoms with van der Waals surface area (Å²) >= 11 is 0. The van der Waals surface area contributed by atoms with E-state index in [-0.39, 0.29) is 18.0 Å². The summed E-state index contributed by atoms with van der Waals surface area (Å²) in [6.45, 7) is 0.265. The highest BCUT2D eigenvalue weighted by Gasteiger charge is 2.64. The summed E-state index contributed by atoms with van der Waals surface area (Å²) in [6, 6.07) is 13.3. The minimum Gasteiger partial charge on any atom is -0.324 e. The molecule has 1 fully saturated rings. The molecule has 8 nitrogen and oxygen atoms in total. The van der Waals surface area contributed by atoms with Crippen LogP contribution < -0.4 is 5.32 Å². The van der Waals surface area contributed by atoms with Gasteiger partial charge in [0.15, 0.2) is 5.78 Å². The maximum atomic E-state index is 14.3. The Morgan fingerprint density at radius 1 is 1.24 bits per heavy atom. The van der Waals surface area contributed by atoms with Crippen LogP contribution in [0.1, 0.15) is 27.4 Å². The number of likely N-dealkylation sites (N-methyl/N-ethyl adjacent to an activating group) is 1. The maximum absolute atomic E-state index is 14.3. The summed E-state index contributed by atoms with van der Waals surface area (Å²) in [7, 11) is 1.71. The zero-order chi connectivity index (χ0) is 23.3. The van der Waals surface area contributed by atoms with Crippen LogP contribution in [0.15, 0.2) is 67.0 Å². The number of amides is 1. The molecule has 0 bridgehead atoms. The average molecular weight is 446 g/mol. The van der Waals surface area contributed by atoms with E-state index in [0.29, 0.717) is 22.4 Å². The number of aromatic nitrogens is 1. The molecule has 2 aliphatic rings. The molecule has 2 aromatic carbocycles. The van der Waals surface area contributed by atoms with Gasteiger partial charge in [-0.2, -0.15) is 0 Å². The lowest BCUT2D eigenvalue weighted by Gasteiger charge is -2.35. The average Bonchev–Trinajstić information content (AvgIpc) is 3.29. The fraction of sp³-hybridized carbons (Fsp3) is 0.208. The second kappa shape index (κ2) is 7.56. The van der Waals surface area contributed by atoms with Crippen LogP contribution in [0.3, 0.4) is 0 Å². The standard InChI is InChI=1S/C24H19FN4O4/c1-28-13-18(14-4-2-6-17(10-14)29(32)33)21(22(30)15-5-3-9-26-12-15)24(28)19-11-16(25)7-8-20(19)27-23(24)31/h2-12,18,21H,13H2,1H3,(H,27,31)/t18-,21-,24+/m1/s1. The van der Waals surface area contributed by atoms with Crippen molar-refractivity contribution in [1.82, 2.24) is 9.88 Å². The van der Waals surface area contributed by atoms with Crippen LogP contribution in [0.25, 0.3) is 0 Å². The molecule has 0 unspecified atom stereocenters. The van der Waals surface area contributed by atoms with Gasteiger partial charge >= 0.3 is 0 Å². The van der Waals surface area contributed by atoms with Gasteiger partial charge in [0.2, 0.25) is 5.91 Å². The van der Waals surface area contributed by atoms with Crippen LogP contribution in [-0.2, 0) is 10.3 Å². The molecule has 3 aromatic rings. The first-order valence-corrected chi connectivity index (χ1v) is 10.4. The van der Waals surface area contributed by atoms with Crippen molar-refractivity contribution in [3.8, 4) is 0 Å². The number of non-ortho nitro benzene ring substituents is 1. The van der Waals surface area contributed by atoms with Crippen molar-refractivity contribution >= 4 is 23.1 Å². The van der Waals surface area contributed by atoms with E-state index in [1.165, 1.54) is 42.7 Å². The minimum absolute atomic E-state index is 0.106. The number of pyridine rings is 1. The molecule has 1 saturated heterocycles. The van der Waals surface area contributed by atoms with Crippen LogP contribution in [-0.4, -0.2) is 40.1 Å². The van der Waals surface area contributed by atoms with Crippen molar-refractivity contribution in [3.05, 3.63) is 99.6 Å². The number of hydrogen-bond donors (Lipinski definition) is 1. The number of rotatable bonds is 4. The SMILES string of the molecule is CN1C[C@H](c2cccc([N+](=O)[O-])c2)[C@H](C(=O)c2cccnc2)[C@@]12C(=O)Nc1ccc(F)cc12. The molecular formula is C24H19FN4O4. The van der Waals surface area contributed by atoms with Gasteiger partial charge in [-0.15, -0.1) is 0 Å². The second-order valence-corrected chi connectivity index (χ2v) is 8.33. The Kier molecular flexibility index (Phi) is 4.79. The van der Waals surface area contributed by atoms with Gasteiger partial charge in [0.05, 0.1) is 10.8 Å². The maximum Gasteiger partial charge on any atom is 0.269 e. The van der Waals surface area contributed by atoms with E-state index >= 15 is 0 Å². The number of fused-ring (bicyclic) bond motifs is 2. The first kappa shape index (κ1) is 20.9. The van der Waals surface area contributed by atoms with E-state index in [9.17, 15) is 24.1 Å². The fourth-order valence-electron chi connectivity index (χ4n) is 5.27. The summed E-state index contributed by atoms with van der Waals surface area (Å²) in [5.74, 6) is -2.80. The number of likely N-dealkylation sites (tertiary alicyclic amines) is 1. The number of Topliss-reactive ketones (excluding diaryl/α,β-unsaturated/α-hetero) is 1. The Morgan fingerprint density at radius 3 is 2.79 bits per heavy atom. The van der Waals surface area contributed by atoms with Crippen LogP contribution in [0.4, 0.5) is 15.8 Å². The fourth-order valence-corrected chi connectivity index (χ4v) is 5.27. The molecule has 1 amide bonds. The number of nitro benzene ring substituents is 1. The lowest BCUT2D eigenvalue weighted by molar-refractivity contribution is -0.384. The molecule has 3 atom stereocenters. The molecule has 33 heavy (non-hydrogen) atoms. The number of anilines is 1. The highest BCUT2D eigenvalue weighted by Crippen LogP contribution is 2.55. The molecule has 5 rings (SSSR count). The van der Waals surface area contributed by atoms with E-state index in [4.69, 9.17) is 0 Å². The number of nitrogens with one attached hydrogen (secondary N) is 1. The molecule has 0 saturated carbocycles. The van der Waals surface area contributed by atoms with Crippen molar-refractivity contribution in [2.45, 2.75) is 11.5 Å². The second-order valence-electron chi connectivity index (χ2n) is 8.33. The van der Waals surface area contributed by atoms with Crippen LogP contribution in [0, 0.1) is 21.8 Å². The third kappa shape index (κ3) is 3.04. The van der Waals surface area contributed by atoms with E-state index in [1.54, 1.807) is 36.2 Å². The molecular weight excluding hydrogens is 427 g/mol. The summed E-state index contributed by atoms with van der Waals surface area (Å²) in [5.41, 5.74) is 0.116. The van der Waals surface area contributed by atoms with Crippen molar-refractivity contribution < 1.29 is 18.9 Å². The Morgan fingerprint density at radius 2 is 2.06 bits per heavy atom. The molecule has 9 heteroatoms. The first-order chi connectivity index (χ1) is 15.8. The van der Waals surface area contributed by atoms with Gasteiger partial charge in [-0.25, -0.2) is 4.39 Å². The number of benzene rings is 2. The number of carbonyl (C=O) groups excluding carboxylic acids is 2. The van der Waals surface area contributed by atoms with Gasteiger partial charge in [-0.05, 0) is 42.9 Å². The highest BCUT2D eigenvalue weighted by molar-refractivity contribution is 6.12. The minimum atomic E-state index is -1.47. The molecule has 166 valence electrons. The highest BCUT2D eigenvalue weighted by atomic mass is 19.1. The Hall–Kier alpha value is -3.98.